The van der Waals surface area contributed by atoms with E-state index in [0.29, 0.717) is 21.3 Å². The van der Waals surface area contributed by atoms with E-state index < -0.39 is 5.97 Å². The van der Waals surface area contributed by atoms with Crippen LogP contribution >= 0.6 is 15.9 Å². The molecule has 0 aliphatic heterocycles. The van der Waals surface area contributed by atoms with Crippen molar-refractivity contribution in [1.82, 2.24) is 4.98 Å². The fourth-order valence-electron chi connectivity index (χ4n) is 1.70. The van der Waals surface area contributed by atoms with Crippen LogP contribution in [0.4, 0.5) is 0 Å². The first-order valence-corrected chi connectivity index (χ1v) is 6.49. The Kier molecular flexibility index (Phi) is 3.15. The lowest BCUT2D eigenvalue weighted by Gasteiger charge is -2.04. The summed E-state index contributed by atoms with van der Waals surface area (Å²) in [5.74, 6) is -0.698. The molecule has 5 nitrogen and oxygen atoms in total. The smallest absolute Gasteiger partial charge is 0.400 e. The summed E-state index contributed by atoms with van der Waals surface area (Å²) in [6.07, 6.45) is 0.0643. The van der Waals surface area contributed by atoms with Crippen LogP contribution in [0.25, 0.3) is 11.1 Å². The Morgan fingerprint density at radius 1 is 1.25 bits per heavy atom. The molecule has 0 saturated carbocycles. The summed E-state index contributed by atoms with van der Waals surface area (Å²) in [6.45, 7) is 0. The molecule has 1 aromatic heterocycles. The number of carboxylic acids is 1. The third kappa shape index (κ3) is 2.37. The fraction of sp³-hybridized carbons (Fsp3) is 0. The van der Waals surface area contributed by atoms with Crippen molar-refractivity contribution < 1.29 is 19.1 Å². The van der Waals surface area contributed by atoms with E-state index in [1.54, 1.807) is 18.2 Å². The van der Waals surface area contributed by atoms with Crippen molar-refractivity contribution in [3.63, 3.8) is 0 Å². The number of hydrogen-bond acceptors (Lipinski definition) is 4. The number of benzene rings is 2. The molecule has 1 heterocycles. The molecule has 0 fully saturated rings. The number of nitrogens with zero attached hydrogens (tertiary/aromatic N) is 1. The Balaban J connectivity index is 1.97. The highest BCUT2D eigenvalue weighted by Gasteiger charge is 2.12. The van der Waals surface area contributed by atoms with Gasteiger partial charge >= 0.3 is 12.0 Å². The van der Waals surface area contributed by atoms with Crippen LogP contribution in [0.2, 0.25) is 0 Å². The molecule has 0 saturated heterocycles. The summed E-state index contributed by atoms with van der Waals surface area (Å²) in [4.78, 5) is 15.1. The summed E-state index contributed by atoms with van der Waals surface area (Å²) >= 11 is 3.29. The van der Waals surface area contributed by atoms with Crippen molar-refractivity contribution in [3.05, 3.63) is 52.5 Å². The monoisotopic (exact) mass is 333 g/mol. The Morgan fingerprint density at radius 3 is 2.80 bits per heavy atom. The summed E-state index contributed by atoms with van der Waals surface area (Å²) in [5.41, 5.74) is 1.40. The van der Waals surface area contributed by atoms with Gasteiger partial charge in [-0.15, -0.1) is 0 Å². The zero-order valence-electron chi connectivity index (χ0n) is 10.0. The molecule has 20 heavy (non-hydrogen) atoms. The van der Waals surface area contributed by atoms with Crippen molar-refractivity contribution in [1.29, 1.82) is 0 Å². The van der Waals surface area contributed by atoms with Crippen molar-refractivity contribution in [3.8, 4) is 11.8 Å². The van der Waals surface area contributed by atoms with Crippen LogP contribution in [0.3, 0.4) is 0 Å². The topological polar surface area (TPSA) is 72.6 Å². The van der Waals surface area contributed by atoms with Crippen molar-refractivity contribution in [2.45, 2.75) is 0 Å². The van der Waals surface area contributed by atoms with Crippen LogP contribution in [0, 0.1) is 0 Å². The quantitative estimate of drug-likeness (QED) is 0.781. The second-order valence-corrected chi connectivity index (χ2v) is 4.85. The first kappa shape index (κ1) is 12.7. The molecule has 0 radical (unpaired) electrons. The molecule has 1 N–H and O–H groups in total. The second-order valence-electron chi connectivity index (χ2n) is 4.00. The van der Waals surface area contributed by atoms with Gasteiger partial charge in [-0.05, 0) is 46.3 Å². The molecule has 100 valence electrons. The van der Waals surface area contributed by atoms with Gasteiger partial charge in [0.25, 0.3) is 0 Å². The van der Waals surface area contributed by atoms with Gasteiger partial charge in [-0.1, -0.05) is 12.1 Å². The van der Waals surface area contributed by atoms with Gasteiger partial charge in [0.2, 0.25) is 0 Å². The standard InChI is InChI=1S/C14H8BrNO4/c15-9-6-5-8(13(17)18)7-12(9)20-14-16-10-3-1-2-4-11(10)19-14/h1-7H,(H,17,18). The summed E-state index contributed by atoms with van der Waals surface area (Å²) in [5, 5.41) is 8.97. The first-order chi connectivity index (χ1) is 9.63. The number of aromatic carboxylic acids is 1. The molecule has 0 bridgehead atoms. The maximum absolute atomic E-state index is 10.9. The largest absolute Gasteiger partial charge is 0.478 e. The number of carbonyl (C=O) groups is 1. The molecule has 3 aromatic rings. The van der Waals surface area contributed by atoms with Gasteiger partial charge in [-0.25, -0.2) is 4.79 Å². The van der Waals surface area contributed by atoms with Crippen molar-refractivity contribution in [2.75, 3.05) is 0 Å². The van der Waals surface area contributed by atoms with E-state index in [2.05, 4.69) is 20.9 Å². The predicted octanol–water partition coefficient (Wildman–Crippen LogP) is 4.08. The molecule has 0 amide bonds. The van der Waals surface area contributed by atoms with Gasteiger partial charge in [0, 0.05) is 0 Å². The molecular formula is C14H8BrNO4. The molecule has 3 rings (SSSR count). The molecule has 6 heteroatoms. The minimum absolute atomic E-state index is 0.0643. The molecule has 0 unspecified atom stereocenters. The second kappa shape index (κ2) is 4.97. The zero-order chi connectivity index (χ0) is 14.1. The predicted molar refractivity (Wildman–Crippen MR) is 75.2 cm³/mol. The first-order valence-electron chi connectivity index (χ1n) is 5.70. The van der Waals surface area contributed by atoms with E-state index in [1.807, 2.05) is 12.1 Å². The number of hydrogen-bond donors (Lipinski definition) is 1. The van der Waals surface area contributed by atoms with Gasteiger partial charge in [-0.2, -0.15) is 4.98 Å². The Labute approximate surface area is 121 Å². The molecule has 2 aromatic carbocycles. The zero-order valence-corrected chi connectivity index (χ0v) is 11.6. The van der Waals surface area contributed by atoms with Gasteiger partial charge in [0.15, 0.2) is 5.58 Å². The van der Waals surface area contributed by atoms with Crippen LogP contribution in [0.5, 0.6) is 11.8 Å². The van der Waals surface area contributed by atoms with Crippen LogP contribution in [0.15, 0.2) is 51.4 Å². The third-order valence-corrected chi connectivity index (χ3v) is 3.30. The Bertz CT molecular complexity index is 764. The number of oxazole rings is 1. The number of rotatable bonds is 3. The number of carboxylic acid groups (broad SMARTS) is 1. The van der Waals surface area contributed by atoms with Gasteiger partial charge in [0.05, 0.1) is 10.0 Å². The van der Waals surface area contributed by atoms with Gasteiger partial charge in [-0.3, -0.25) is 0 Å². The van der Waals surface area contributed by atoms with Gasteiger partial charge < -0.3 is 14.3 Å². The maximum Gasteiger partial charge on any atom is 0.400 e. The summed E-state index contributed by atoms with van der Waals surface area (Å²) < 4.78 is 11.5. The third-order valence-electron chi connectivity index (χ3n) is 2.65. The fourth-order valence-corrected chi connectivity index (χ4v) is 2.03. The Morgan fingerprint density at radius 2 is 2.05 bits per heavy atom. The average molecular weight is 334 g/mol. The maximum atomic E-state index is 10.9. The number of fused-ring (bicyclic) bond motifs is 1. The lowest BCUT2D eigenvalue weighted by molar-refractivity contribution is 0.0696. The Hall–Kier alpha value is -2.34. The number of ether oxygens (including phenoxy) is 1. The molecule has 0 aliphatic rings. The molecular weight excluding hydrogens is 326 g/mol. The highest BCUT2D eigenvalue weighted by atomic mass is 79.9. The number of aromatic nitrogens is 1. The van der Waals surface area contributed by atoms with E-state index in [0.717, 1.165) is 0 Å². The van der Waals surface area contributed by atoms with E-state index >= 15 is 0 Å². The van der Waals surface area contributed by atoms with E-state index in [-0.39, 0.29) is 11.6 Å². The average Bonchev–Trinajstić information content (AvgIpc) is 2.83. The van der Waals surface area contributed by atoms with Crippen LogP contribution in [-0.4, -0.2) is 16.1 Å². The normalized spacial score (nSPS) is 10.7. The SMILES string of the molecule is O=C(O)c1ccc(Br)c(Oc2nc3ccccc3o2)c1. The van der Waals surface area contributed by atoms with Gasteiger partial charge in [0.1, 0.15) is 11.3 Å². The minimum atomic E-state index is -1.03. The van der Waals surface area contributed by atoms with E-state index in [4.69, 9.17) is 14.3 Å². The van der Waals surface area contributed by atoms with Crippen molar-refractivity contribution >= 4 is 33.0 Å². The van der Waals surface area contributed by atoms with E-state index in [9.17, 15) is 4.79 Å². The minimum Gasteiger partial charge on any atom is -0.478 e. The number of para-hydroxylation sites is 2. The molecule has 0 atom stereocenters. The lowest BCUT2D eigenvalue weighted by Crippen LogP contribution is -1.96. The summed E-state index contributed by atoms with van der Waals surface area (Å²) in [7, 11) is 0. The number of halogens is 1. The van der Waals surface area contributed by atoms with Crippen LogP contribution in [0.1, 0.15) is 10.4 Å². The molecule has 0 aliphatic carbocycles. The van der Waals surface area contributed by atoms with Crippen molar-refractivity contribution in [2.24, 2.45) is 0 Å². The van der Waals surface area contributed by atoms with Crippen LogP contribution in [-0.2, 0) is 0 Å². The van der Waals surface area contributed by atoms with E-state index in [1.165, 1.54) is 12.1 Å². The highest BCUT2D eigenvalue weighted by Crippen LogP contribution is 2.31. The highest BCUT2D eigenvalue weighted by molar-refractivity contribution is 9.10. The summed E-state index contributed by atoms with van der Waals surface area (Å²) in [6, 6.07) is 11.7. The molecule has 0 spiro atoms. The lowest BCUT2D eigenvalue weighted by atomic mass is 10.2. The van der Waals surface area contributed by atoms with Crippen LogP contribution < -0.4 is 4.74 Å².